The highest BCUT2D eigenvalue weighted by molar-refractivity contribution is 5.58. The molecule has 0 fully saturated rings. The SMILES string of the molecule is CCCC(CCO)CNc1ccc(C)cc1C#N. The van der Waals surface area contributed by atoms with Crippen molar-refractivity contribution in [2.45, 2.75) is 33.1 Å². The molecule has 0 aromatic heterocycles. The third-order valence-corrected chi connectivity index (χ3v) is 3.11. The minimum atomic E-state index is 0.228. The van der Waals surface area contributed by atoms with Gasteiger partial charge in [-0.2, -0.15) is 5.26 Å². The fourth-order valence-corrected chi connectivity index (χ4v) is 2.10. The van der Waals surface area contributed by atoms with E-state index in [1.807, 2.05) is 25.1 Å². The summed E-state index contributed by atoms with van der Waals surface area (Å²) >= 11 is 0. The van der Waals surface area contributed by atoms with E-state index in [1.165, 1.54) is 0 Å². The summed E-state index contributed by atoms with van der Waals surface area (Å²) in [4.78, 5) is 0. The van der Waals surface area contributed by atoms with Gasteiger partial charge in [0.2, 0.25) is 0 Å². The number of nitrogens with one attached hydrogen (secondary N) is 1. The lowest BCUT2D eigenvalue weighted by atomic mass is 10.00. The minimum Gasteiger partial charge on any atom is -0.396 e. The zero-order chi connectivity index (χ0) is 13.4. The number of aryl methyl sites for hydroxylation is 1. The van der Waals surface area contributed by atoms with Crippen LogP contribution in [0.4, 0.5) is 5.69 Å². The Morgan fingerprint density at radius 1 is 1.39 bits per heavy atom. The van der Waals surface area contributed by atoms with Gasteiger partial charge in [0.25, 0.3) is 0 Å². The van der Waals surface area contributed by atoms with E-state index < -0.39 is 0 Å². The summed E-state index contributed by atoms with van der Waals surface area (Å²) in [6, 6.07) is 8.06. The van der Waals surface area contributed by atoms with Gasteiger partial charge in [-0.1, -0.05) is 19.4 Å². The Balaban J connectivity index is 2.64. The maximum Gasteiger partial charge on any atom is 0.101 e. The first-order chi connectivity index (χ1) is 8.71. The molecule has 1 unspecified atom stereocenters. The summed E-state index contributed by atoms with van der Waals surface area (Å²) in [5.74, 6) is 0.466. The largest absolute Gasteiger partial charge is 0.396 e. The summed E-state index contributed by atoms with van der Waals surface area (Å²) in [5.41, 5.74) is 2.67. The molecule has 1 aromatic rings. The molecule has 0 aliphatic heterocycles. The van der Waals surface area contributed by atoms with Crippen LogP contribution in [0, 0.1) is 24.2 Å². The van der Waals surface area contributed by atoms with Crippen LogP contribution < -0.4 is 5.32 Å². The molecule has 0 aliphatic rings. The van der Waals surface area contributed by atoms with Crippen molar-refractivity contribution < 1.29 is 5.11 Å². The van der Waals surface area contributed by atoms with E-state index in [4.69, 9.17) is 10.4 Å². The highest BCUT2D eigenvalue weighted by atomic mass is 16.3. The summed E-state index contributed by atoms with van der Waals surface area (Å²) in [5, 5.41) is 21.4. The number of nitrogens with zero attached hydrogens (tertiary/aromatic N) is 1. The van der Waals surface area contributed by atoms with Gasteiger partial charge < -0.3 is 10.4 Å². The first-order valence-corrected chi connectivity index (χ1v) is 6.56. The molecule has 0 spiro atoms. The zero-order valence-electron chi connectivity index (χ0n) is 11.2. The predicted octanol–water partition coefficient (Wildman–Crippen LogP) is 3.08. The molecule has 1 atom stereocenters. The van der Waals surface area contributed by atoms with Gasteiger partial charge in [0, 0.05) is 13.2 Å². The minimum absolute atomic E-state index is 0.228. The van der Waals surface area contributed by atoms with Crippen molar-refractivity contribution >= 4 is 5.69 Å². The predicted molar refractivity (Wildman–Crippen MR) is 74.5 cm³/mol. The van der Waals surface area contributed by atoms with Gasteiger partial charge in [-0.15, -0.1) is 0 Å². The second-order valence-electron chi connectivity index (χ2n) is 4.71. The van der Waals surface area contributed by atoms with E-state index in [2.05, 4.69) is 18.3 Å². The molecule has 1 aromatic carbocycles. The molecule has 0 bridgehead atoms. The molecule has 18 heavy (non-hydrogen) atoms. The maximum absolute atomic E-state index is 9.08. The van der Waals surface area contributed by atoms with E-state index in [1.54, 1.807) is 0 Å². The molecule has 0 amide bonds. The molecular weight excluding hydrogens is 224 g/mol. The number of aliphatic hydroxyl groups excluding tert-OH is 1. The molecule has 0 heterocycles. The number of anilines is 1. The van der Waals surface area contributed by atoms with Crippen molar-refractivity contribution in [1.29, 1.82) is 5.26 Å². The number of benzene rings is 1. The number of nitriles is 1. The molecular formula is C15H22N2O. The molecule has 0 saturated heterocycles. The van der Waals surface area contributed by atoms with Crippen LogP contribution in [0.1, 0.15) is 37.3 Å². The fourth-order valence-electron chi connectivity index (χ4n) is 2.10. The molecule has 0 saturated carbocycles. The summed E-state index contributed by atoms with van der Waals surface area (Å²) < 4.78 is 0. The van der Waals surface area contributed by atoms with Gasteiger partial charge in [0.05, 0.1) is 11.3 Å². The summed E-state index contributed by atoms with van der Waals surface area (Å²) in [6.07, 6.45) is 3.03. The summed E-state index contributed by atoms with van der Waals surface area (Å²) in [7, 11) is 0. The third kappa shape index (κ3) is 4.38. The highest BCUT2D eigenvalue weighted by Gasteiger charge is 2.08. The van der Waals surface area contributed by atoms with Crippen molar-refractivity contribution in [2.75, 3.05) is 18.5 Å². The van der Waals surface area contributed by atoms with E-state index in [0.29, 0.717) is 11.5 Å². The van der Waals surface area contributed by atoms with Gasteiger partial charge in [0.15, 0.2) is 0 Å². The number of hydrogen-bond donors (Lipinski definition) is 2. The molecule has 0 aliphatic carbocycles. The van der Waals surface area contributed by atoms with E-state index in [-0.39, 0.29) is 6.61 Å². The first-order valence-electron chi connectivity index (χ1n) is 6.56. The lowest BCUT2D eigenvalue weighted by Crippen LogP contribution is -2.16. The Hall–Kier alpha value is -1.53. The lowest BCUT2D eigenvalue weighted by molar-refractivity contribution is 0.255. The van der Waals surface area contributed by atoms with Crippen LogP contribution in [-0.2, 0) is 0 Å². The Kier molecular flexibility index (Phi) is 6.24. The Morgan fingerprint density at radius 2 is 2.17 bits per heavy atom. The highest BCUT2D eigenvalue weighted by Crippen LogP contribution is 2.18. The van der Waals surface area contributed by atoms with Gasteiger partial charge >= 0.3 is 0 Å². The second-order valence-corrected chi connectivity index (χ2v) is 4.71. The fraction of sp³-hybridized carbons (Fsp3) is 0.533. The van der Waals surface area contributed by atoms with Crippen molar-refractivity contribution in [3.63, 3.8) is 0 Å². The van der Waals surface area contributed by atoms with Crippen LogP contribution in [0.2, 0.25) is 0 Å². The van der Waals surface area contributed by atoms with Gasteiger partial charge in [0.1, 0.15) is 6.07 Å². The molecule has 3 nitrogen and oxygen atoms in total. The molecule has 1 rings (SSSR count). The normalized spacial score (nSPS) is 11.9. The molecule has 0 radical (unpaired) electrons. The quantitative estimate of drug-likeness (QED) is 0.777. The van der Waals surface area contributed by atoms with Crippen LogP contribution in [0.3, 0.4) is 0 Å². The van der Waals surface area contributed by atoms with Crippen molar-refractivity contribution in [1.82, 2.24) is 0 Å². The zero-order valence-corrected chi connectivity index (χ0v) is 11.2. The third-order valence-electron chi connectivity index (χ3n) is 3.11. The van der Waals surface area contributed by atoms with Crippen LogP contribution in [0.5, 0.6) is 0 Å². The van der Waals surface area contributed by atoms with E-state index in [0.717, 1.165) is 37.1 Å². The topological polar surface area (TPSA) is 56.0 Å². The van der Waals surface area contributed by atoms with Crippen LogP contribution >= 0.6 is 0 Å². The monoisotopic (exact) mass is 246 g/mol. The van der Waals surface area contributed by atoms with E-state index >= 15 is 0 Å². The molecule has 98 valence electrons. The average Bonchev–Trinajstić information content (AvgIpc) is 2.37. The van der Waals surface area contributed by atoms with Crippen molar-refractivity contribution in [3.05, 3.63) is 29.3 Å². The number of hydrogen-bond acceptors (Lipinski definition) is 3. The Bertz CT molecular complexity index is 403. The molecule has 3 heteroatoms. The van der Waals surface area contributed by atoms with Crippen LogP contribution in [0.15, 0.2) is 18.2 Å². The molecule has 2 N–H and O–H groups in total. The van der Waals surface area contributed by atoms with Gasteiger partial charge in [-0.25, -0.2) is 0 Å². The average molecular weight is 246 g/mol. The van der Waals surface area contributed by atoms with Crippen LogP contribution in [-0.4, -0.2) is 18.3 Å². The Morgan fingerprint density at radius 3 is 2.78 bits per heavy atom. The van der Waals surface area contributed by atoms with Gasteiger partial charge in [-0.3, -0.25) is 0 Å². The van der Waals surface area contributed by atoms with Crippen LogP contribution in [0.25, 0.3) is 0 Å². The number of rotatable bonds is 7. The Labute approximate surface area is 109 Å². The van der Waals surface area contributed by atoms with Crippen molar-refractivity contribution in [2.24, 2.45) is 5.92 Å². The summed E-state index contributed by atoms with van der Waals surface area (Å²) in [6.45, 7) is 5.17. The maximum atomic E-state index is 9.08. The smallest absolute Gasteiger partial charge is 0.101 e. The van der Waals surface area contributed by atoms with Gasteiger partial charge in [-0.05, 0) is 43.4 Å². The first kappa shape index (κ1) is 14.5. The number of aliphatic hydroxyl groups is 1. The van der Waals surface area contributed by atoms with Crippen molar-refractivity contribution in [3.8, 4) is 6.07 Å². The standard InChI is InChI=1S/C15H22N2O/c1-3-4-13(7-8-18)11-17-15-6-5-12(2)9-14(15)10-16/h5-6,9,13,17-18H,3-4,7-8,11H2,1-2H3. The van der Waals surface area contributed by atoms with E-state index in [9.17, 15) is 0 Å². The lowest BCUT2D eigenvalue weighted by Gasteiger charge is -2.17. The second kappa shape index (κ2) is 7.73.